The number of aryl methyl sites for hydroxylation is 1. The molecule has 0 spiro atoms. The molecule has 1 heteroatoms. The molecule has 0 bridgehead atoms. The Morgan fingerprint density at radius 3 is 1.92 bits per heavy atom. The topological polar surface area (TPSA) is 12.0 Å². The zero-order valence-corrected chi connectivity index (χ0v) is 16.2. The molecule has 0 aliphatic carbocycles. The number of anilines is 1. The summed E-state index contributed by atoms with van der Waals surface area (Å²) in [5, 5.41) is 3.65. The lowest BCUT2D eigenvalue weighted by Crippen LogP contribution is -2.19. The molecule has 24 heavy (non-hydrogen) atoms. The van der Waals surface area contributed by atoms with Crippen molar-refractivity contribution >= 4 is 5.69 Å². The second-order valence-electron chi connectivity index (χ2n) is 9.18. The van der Waals surface area contributed by atoms with Crippen molar-refractivity contribution in [2.75, 3.05) is 11.9 Å². The average Bonchev–Trinajstić information content (AvgIpc) is 2.50. The van der Waals surface area contributed by atoms with E-state index in [0.717, 1.165) is 13.0 Å². The Hall–Kier alpha value is -1.76. The highest BCUT2D eigenvalue weighted by Crippen LogP contribution is 2.33. The molecule has 2 aromatic rings. The van der Waals surface area contributed by atoms with Crippen molar-refractivity contribution in [3.05, 3.63) is 54.1 Å². The molecule has 1 N–H and O–H groups in total. The van der Waals surface area contributed by atoms with Crippen molar-refractivity contribution in [2.45, 2.75) is 54.4 Å². The number of hydrogen-bond donors (Lipinski definition) is 1. The maximum absolute atomic E-state index is 3.65. The molecule has 2 aromatic carbocycles. The molecule has 0 heterocycles. The maximum atomic E-state index is 3.65. The third-order valence-corrected chi connectivity index (χ3v) is 4.19. The minimum absolute atomic E-state index is 0.263. The van der Waals surface area contributed by atoms with Crippen LogP contribution < -0.4 is 5.32 Å². The van der Waals surface area contributed by atoms with Gasteiger partial charge in [-0.05, 0) is 40.9 Å². The second-order valence-corrected chi connectivity index (χ2v) is 9.18. The number of hydrogen-bond acceptors (Lipinski definition) is 1. The Labute approximate surface area is 148 Å². The first-order chi connectivity index (χ1) is 11.2. The lowest BCUT2D eigenvalue weighted by Gasteiger charge is -2.23. The van der Waals surface area contributed by atoms with Crippen LogP contribution >= 0.6 is 0 Å². The molecule has 0 aliphatic heterocycles. The molecule has 130 valence electrons. The van der Waals surface area contributed by atoms with Gasteiger partial charge in [-0.15, -0.1) is 0 Å². The molecule has 0 saturated heterocycles. The van der Waals surface area contributed by atoms with Crippen LogP contribution in [0.25, 0.3) is 11.1 Å². The third-order valence-electron chi connectivity index (χ3n) is 4.19. The highest BCUT2D eigenvalue weighted by Gasteiger charge is 2.15. The van der Waals surface area contributed by atoms with Gasteiger partial charge in [-0.1, -0.05) is 84.0 Å². The van der Waals surface area contributed by atoms with Crippen molar-refractivity contribution in [2.24, 2.45) is 10.8 Å². The highest BCUT2D eigenvalue weighted by molar-refractivity contribution is 5.80. The summed E-state index contributed by atoms with van der Waals surface area (Å²) in [5.74, 6) is 0. The summed E-state index contributed by atoms with van der Waals surface area (Å²) in [4.78, 5) is 0. The first-order valence-corrected chi connectivity index (χ1v) is 9.07. The van der Waals surface area contributed by atoms with E-state index in [-0.39, 0.29) is 5.41 Å². The standard InChI is InChI=1S/C23H33N/c1-22(2,3)16-15-18-11-7-8-12-19(18)20-13-9-10-14-21(20)24-17-23(4,5)6/h7-14,24H,15-17H2,1-6H3. The normalized spacial score (nSPS) is 12.2. The third kappa shape index (κ3) is 5.70. The van der Waals surface area contributed by atoms with E-state index in [1.165, 1.54) is 28.8 Å². The zero-order valence-electron chi connectivity index (χ0n) is 16.2. The van der Waals surface area contributed by atoms with Crippen molar-refractivity contribution in [3.63, 3.8) is 0 Å². The number of benzene rings is 2. The van der Waals surface area contributed by atoms with Crippen LogP contribution in [0.1, 0.15) is 53.5 Å². The molecule has 0 unspecified atom stereocenters. The summed E-state index contributed by atoms with van der Waals surface area (Å²) in [5.41, 5.74) is 5.97. The lowest BCUT2D eigenvalue weighted by molar-refractivity contribution is 0.378. The predicted octanol–water partition coefficient (Wildman–Crippen LogP) is 6.79. The molecule has 0 aliphatic rings. The van der Waals surface area contributed by atoms with Gasteiger partial charge < -0.3 is 5.32 Å². The maximum Gasteiger partial charge on any atom is 0.0420 e. The molecule has 0 aromatic heterocycles. The summed E-state index contributed by atoms with van der Waals surface area (Å²) in [6, 6.07) is 17.5. The van der Waals surface area contributed by atoms with E-state index in [1.807, 2.05) is 0 Å². The van der Waals surface area contributed by atoms with Gasteiger partial charge in [-0.25, -0.2) is 0 Å². The van der Waals surface area contributed by atoms with Gasteiger partial charge in [0.05, 0.1) is 0 Å². The fourth-order valence-corrected chi connectivity index (χ4v) is 2.74. The number of nitrogens with one attached hydrogen (secondary N) is 1. The quantitative estimate of drug-likeness (QED) is 0.638. The zero-order chi connectivity index (χ0) is 17.8. The summed E-state index contributed by atoms with van der Waals surface area (Å²) in [7, 11) is 0. The Bertz CT molecular complexity index is 597. The first-order valence-electron chi connectivity index (χ1n) is 9.07. The van der Waals surface area contributed by atoms with Gasteiger partial charge in [0.15, 0.2) is 0 Å². The van der Waals surface area contributed by atoms with Crippen molar-refractivity contribution in [1.82, 2.24) is 0 Å². The average molecular weight is 324 g/mol. The summed E-state index contributed by atoms with van der Waals surface area (Å²) in [6.07, 6.45) is 2.31. The van der Waals surface area contributed by atoms with Crippen LogP contribution in [0.2, 0.25) is 0 Å². The van der Waals surface area contributed by atoms with Crippen LogP contribution in [-0.4, -0.2) is 6.54 Å². The van der Waals surface area contributed by atoms with Gasteiger partial charge in [-0.2, -0.15) is 0 Å². The Kier molecular flexibility index (Phi) is 5.74. The van der Waals surface area contributed by atoms with Gasteiger partial charge in [0.25, 0.3) is 0 Å². The second kappa shape index (κ2) is 7.42. The molecule has 2 rings (SSSR count). The smallest absolute Gasteiger partial charge is 0.0420 e. The van der Waals surface area contributed by atoms with E-state index >= 15 is 0 Å². The van der Waals surface area contributed by atoms with Gasteiger partial charge in [0.1, 0.15) is 0 Å². The van der Waals surface area contributed by atoms with Crippen LogP contribution in [0.5, 0.6) is 0 Å². The van der Waals surface area contributed by atoms with Crippen molar-refractivity contribution < 1.29 is 0 Å². The first kappa shape index (κ1) is 18.6. The number of rotatable bonds is 5. The van der Waals surface area contributed by atoms with Crippen LogP contribution in [-0.2, 0) is 6.42 Å². The van der Waals surface area contributed by atoms with E-state index in [2.05, 4.69) is 95.4 Å². The van der Waals surface area contributed by atoms with Crippen LogP contribution in [0.15, 0.2) is 48.5 Å². The van der Waals surface area contributed by atoms with E-state index in [1.54, 1.807) is 0 Å². The molecular formula is C23H33N. The molecule has 0 amide bonds. The van der Waals surface area contributed by atoms with Crippen LogP contribution in [0, 0.1) is 10.8 Å². The Morgan fingerprint density at radius 1 is 0.708 bits per heavy atom. The molecule has 0 radical (unpaired) electrons. The molecule has 0 saturated carbocycles. The van der Waals surface area contributed by atoms with E-state index in [4.69, 9.17) is 0 Å². The lowest BCUT2D eigenvalue weighted by atomic mass is 9.86. The molecular weight excluding hydrogens is 290 g/mol. The van der Waals surface area contributed by atoms with Crippen LogP contribution in [0.4, 0.5) is 5.69 Å². The van der Waals surface area contributed by atoms with Crippen LogP contribution in [0.3, 0.4) is 0 Å². The predicted molar refractivity (Wildman–Crippen MR) is 108 cm³/mol. The van der Waals surface area contributed by atoms with E-state index in [9.17, 15) is 0 Å². The summed E-state index contributed by atoms with van der Waals surface area (Å²) >= 11 is 0. The van der Waals surface area contributed by atoms with E-state index in [0.29, 0.717) is 5.41 Å². The fraction of sp³-hybridized carbons (Fsp3) is 0.478. The molecule has 0 atom stereocenters. The van der Waals surface area contributed by atoms with Gasteiger partial charge in [0.2, 0.25) is 0 Å². The Balaban J connectivity index is 2.32. The van der Waals surface area contributed by atoms with Gasteiger partial charge in [-0.3, -0.25) is 0 Å². The molecule has 1 nitrogen and oxygen atoms in total. The monoisotopic (exact) mass is 323 g/mol. The summed E-state index contributed by atoms with van der Waals surface area (Å²) in [6.45, 7) is 14.7. The molecule has 0 fully saturated rings. The largest absolute Gasteiger partial charge is 0.384 e. The minimum Gasteiger partial charge on any atom is -0.384 e. The van der Waals surface area contributed by atoms with Crippen molar-refractivity contribution in [1.29, 1.82) is 0 Å². The van der Waals surface area contributed by atoms with E-state index < -0.39 is 0 Å². The van der Waals surface area contributed by atoms with Gasteiger partial charge >= 0.3 is 0 Å². The highest BCUT2D eigenvalue weighted by atomic mass is 14.9. The Morgan fingerprint density at radius 2 is 1.29 bits per heavy atom. The fourth-order valence-electron chi connectivity index (χ4n) is 2.74. The van der Waals surface area contributed by atoms with Crippen molar-refractivity contribution in [3.8, 4) is 11.1 Å². The van der Waals surface area contributed by atoms with Gasteiger partial charge in [0, 0.05) is 17.8 Å². The summed E-state index contributed by atoms with van der Waals surface area (Å²) < 4.78 is 0. The minimum atomic E-state index is 0.263. The number of para-hydroxylation sites is 1. The SMILES string of the molecule is CC(C)(C)CCc1ccccc1-c1ccccc1NCC(C)(C)C.